The molecule has 1 aromatic heterocycles. The summed E-state index contributed by atoms with van der Waals surface area (Å²) in [6.45, 7) is 4.14. The van der Waals surface area contributed by atoms with E-state index in [0.717, 1.165) is 5.75 Å². The van der Waals surface area contributed by atoms with E-state index in [1.165, 1.54) is 22.3 Å². The van der Waals surface area contributed by atoms with Crippen LogP contribution in [0.3, 0.4) is 0 Å². The molecule has 1 aliphatic heterocycles. The minimum absolute atomic E-state index is 0.0815. The SMILES string of the molecule is Cc1ccc2c(c1)OC(C)c1cnccc1-2. The first-order valence-corrected chi connectivity index (χ1v) is 5.47. The van der Waals surface area contributed by atoms with Gasteiger partial charge in [-0.3, -0.25) is 4.98 Å². The largest absolute Gasteiger partial charge is 0.485 e. The summed E-state index contributed by atoms with van der Waals surface area (Å²) in [6.07, 6.45) is 3.81. The van der Waals surface area contributed by atoms with Crippen LogP contribution >= 0.6 is 0 Å². The van der Waals surface area contributed by atoms with Gasteiger partial charge < -0.3 is 4.74 Å². The van der Waals surface area contributed by atoms with Crippen LogP contribution in [0.25, 0.3) is 11.1 Å². The van der Waals surface area contributed by atoms with E-state index in [1.807, 2.05) is 12.4 Å². The normalized spacial score (nSPS) is 17.2. The van der Waals surface area contributed by atoms with Gasteiger partial charge in [0.2, 0.25) is 0 Å². The van der Waals surface area contributed by atoms with Crippen LogP contribution in [0.5, 0.6) is 5.75 Å². The number of fused-ring (bicyclic) bond motifs is 3. The Hall–Kier alpha value is -1.83. The minimum atomic E-state index is 0.0815. The zero-order valence-corrected chi connectivity index (χ0v) is 9.40. The molecule has 2 heteroatoms. The van der Waals surface area contributed by atoms with Crippen LogP contribution in [0.4, 0.5) is 0 Å². The molecule has 0 saturated heterocycles. The fraction of sp³-hybridized carbons (Fsp3) is 0.214. The van der Waals surface area contributed by atoms with Crippen molar-refractivity contribution < 1.29 is 4.74 Å². The molecule has 0 radical (unpaired) electrons. The van der Waals surface area contributed by atoms with Crippen molar-refractivity contribution >= 4 is 0 Å². The Morgan fingerprint density at radius 1 is 1.19 bits per heavy atom. The van der Waals surface area contributed by atoms with Crippen molar-refractivity contribution in [2.75, 3.05) is 0 Å². The Labute approximate surface area is 94.9 Å². The van der Waals surface area contributed by atoms with Crippen molar-refractivity contribution in [1.29, 1.82) is 0 Å². The van der Waals surface area contributed by atoms with Gasteiger partial charge in [0.15, 0.2) is 0 Å². The van der Waals surface area contributed by atoms with Gasteiger partial charge in [-0.05, 0) is 37.1 Å². The standard InChI is InChI=1S/C14H13NO/c1-9-3-4-12-11-5-6-15-8-13(11)10(2)16-14(12)7-9/h3-8,10H,1-2H3. The monoisotopic (exact) mass is 211 g/mol. The molecule has 0 aliphatic carbocycles. The second kappa shape index (κ2) is 3.34. The summed E-state index contributed by atoms with van der Waals surface area (Å²) in [4.78, 5) is 4.16. The van der Waals surface area contributed by atoms with Gasteiger partial charge in [-0.1, -0.05) is 12.1 Å². The maximum Gasteiger partial charge on any atom is 0.128 e. The molecule has 0 saturated carbocycles. The van der Waals surface area contributed by atoms with Gasteiger partial charge in [0.05, 0.1) is 0 Å². The van der Waals surface area contributed by atoms with Crippen LogP contribution in [-0.2, 0) is 0 Å². The van der Waals surface area contributed by atoms with E-state index in [1.54, 1.807) is 0 Å². The molecule has 1 atom stereocenters. The summed E-state index contributed by atoms with van der Waals surface area (Å²) in [5.74, 6) is 0.978. The van der Waals surface area contributed by atoms with Gasteiger partial charge in [-0.2, -0.15) is 0 Å². The number of hydrogen-bond donors (Lipinski definition) is 0. The molecule has 80 valence electrons. The van der Waals surface area contributed by atoms with Gasteiger partial charge >= 0.3 is 0 Å². The van der Waals surface area contributed by atoms with Crippen molar-refractivity contribution in [1.82, 2.24) is 4.98 Å². The number of nitrogens with zero attached hydrogens (tertiary/aromatic N) is 1. The number of ether oxygens (including phenoxy) is 1. The van der Waals surface area contributed by atoms with Gasteiger partial charge in [-0.25, -0.2) is 0 Å². The van der Waals surface area contributed by atoms with Crippen LogP contribution in [0.1, 0.15) is 24.2 Å². The van der Waals surface area contributed by atoms with Crippen molar-refractivity contribution in [3.8, 4) is 16.9 Å². The van der Waals surface area contributed by atoms with Crippen LogP contribution in [0.15, 0.2) is 36.7 Å². The maximum absolute atomic E-state index is 5.90. The Morgan fingerprint density at radius 2 is 2.06 bits per heavy atom. The second-order valence-corrected chi connectivity index (χ2v) is 4.22. The number of pyridine rings is 1. The molecule has 0 spiro atoms. The lowest BCUT2D eigenvalue weighted by molar-refractivity contribution is 0.223. The molecule has 0 amide bonds. The molecular weight excluding hydrogens is 198 g/mol. The molecule has 1 aromatic carbocycles. The highest BCUT2D eigenvalue weighted by Gasteiger charge is 2.22. The van der Waals surface area contributed by atoms with Crippen molar-refractivity contribution in [2.45, 2.75) is 20.0 Å². The molecule has 2 heterocycles. The molecule has 2 aromatic rings. The summed E-state index contributed by atoms with van der Waals surface area (Å²) in [5, 5.41) is 0. The van der Waals surface area contributed by atoms with E-state index in [4.69, 9.17) is 4.74 Å². The smallest absolute Gasteiger partial charge is 0.128 e. The molecular formula is C14H13NO. The molecule has 0 N–H and O–H groups in total. The summed E-state index contributed by atoms with van der Waals surface area (Å²) >= 11 is 0. The summed E-state index contributed by atoms with van der Waals surface area (Å²) in [5.41, 5.74) is 4.80. The number of aryl methyl sites for hydroxylation is 1. The number of hydrogen-bond acceptors (Lipinski definition) is 2. The average molecular weight is 211 g/mol. The summed E-state index contributed by atoms with van der Waals surface area (Å²) in [6, 6.07) is 8.38. The average Bonchev–Trinajstić information content (AvgIpc) is 2.29. The predicted molar refractivity (Wildman–Crippen MR) is 63.5 cm³/mol. The Morgan fingerprint density at radius 3 is 2.94 bits per heavy atom. The van der Waals surface area contributed by atoms with Gasteiger partial charge in [0.25, 0.3) is 0 Å². The van der Waals surface area contributed by atoms with Crippen LogP contribution < -0.4 is 4.74 Å². The maximum atomic E-state index is 5.90. The first-order chi connectivity index (χ1) is 7.75. The lowest BCUT2D eigenvalue weighted by Gasteiger charge is -2.26. The number of benzene rings is 1. The molecule has 3 rings (SSSR count). The Bertz CT molecular complexity index is 548. The highest BCUT2D eigenvalue weighted by molar-refractivity contribution is 5.75. The molecule has 1 aliphatic rings. The lowest BCUT2D eigenvalue weighted by Crippen LogP contribution is -2.11. The third-order valence-electron chi connectivity index (χ3n) is 3.02. The van der Waals surface area contributed by atoms with Gasteiger partial charge in [0, 0.05) is 23.5 Å². The summed E-state index contributed by atoms with van der Waals surface area (Å²) in [7, 11) is 0. The Kier molecular flexibility index (Phi) is 1.96. The van der Waals surface area contributed by atoms with Crippen molar-refractivity contribution in [3.05, 3.63) is 47.8 Å². The van der Waals surface area contributed by atoms with E-state index in [0.29, 0.717) is 0 Å². The highest BCUT2D eigenvalue weighted by atomic mass is 16.5. The third-order valence-corrected chi connectivity index (χ3v) is 3.02. The van der Waals surface area contributed by atoms with E-state index >= 15 is 0 Å². The topological polar surface area (TPSA) is 22.1 Å². The summed E-state index contributed by atoms with van der Waals surface area (Å²) < 4.78 is 5.90. The minimum Gasteiger partial charge on any atom is -0.485 e. The first-order valence-electron chi connectivity index (χ1n) is 5.47. The quantitative estimate of drug-likeness (QED) is 0.665. The lowest BCUT2D eigenvalue weighted by atomic mass is 9.94. The zero-order valence-electron chi connectivity index (χ0n) is 9.40. The van der Waals surface area contributed by atoms with Crippen molar-refractivity contribution in [2.24, 2.45) is 0 Å². The molecule has 0 bridgehead atoms. The molecule has 2 nitrogen and oxygen atoms in total. The Balaban J connectivity index is 2.27. The first kappa shape index (κ1) is 9.40. The van der Waals surface area contributed by atoms with E-state index in [-0.39, 0.29) is 6.10 Å². The molecule has 0 fully saturated rings. The third kappa shape index (κ3) is 1.30. The van der Waals surface area contributed by atoms with Crippen molar-refractivity contribution in [3.63, 3.8) is 0 Å². The van der Waals surface area contributed by atoms with E-state index in [9.17, 15) is 0 Å². The second-order valence-electron chi connectivity index (χ2n) is 4.22. The number of rotatable bonds is 0. The molecule has 16 heavy (non-hydrogen) atoms. The highest BCUT2D eigenvalue weighted by Crippen LogP contribution is 2.41. The predicted octanol–water partition coefficient (Wildman–Crippen LogP) is 3.51. The fourth-order valence-corrected chi connectivity index (χ4v) is 2.18. The van der Waals surface area contributed by atoms with Crippen LogP contribution in [0, 0.1) is 6.92 Å². The van der Waals surface area contributed by atoms with Gasteiger partial charge in [-0.15, -0.1) is 0 Å². The van der Waals surface area contributed by atoms with E-state index < -0.39 is 0 Å². The van der Waals surface area contributed by atoms with Crippen LogP contribution in [-0.4, -0.2) is 4.98 Å². The van der Waals surface area contributed by atoms with Crippen LogP contribution in [0.2, 0.25) is 0 Å². The molecule has 1 unspecified atom stereocenters. The fourth-order valence-electron chi connectivity index (χ4n) is 2.18. The number of aromatic nitrogens is 1. The van der Waals surface area contributed by atoms with E-state index in [2.05, 4.69) is 43.1 Å². The van der Waals surface area contributed by atoms with Gasteiger partial charge in [0.1, 0.15) is 11.9 Å². The zero-order chi connectivity index (χ0) is 11.1.